The van der Waals surface area contributed by atoms with Crippen LogP contribution in [0.4, 0.5) is 15.3 Å². The number of para-hydroxylation sites is 2. The highest BCUT2D eigenvalue weighted by molar-refractivity contribution is 6.10. The van der Waals surface area contributed by atoms with E-state index in [1.165, 1.54) is 7.11 Å². The van der Waals surface area contributed by atoms with Crippen molar-refractivity contribution in [2.24, 2.45) is 0 Å². The first kappa shape index (κ1) is 28.2. The summed E-state index contributed by atoms with van der Waals surface area (Å²) in [5.74, 6) is -0.458. The van der Waals surface area contributed by atoms with Gasteiger partial charge in [0.1, 0.15) is 5.60 Å². The molecule has 3 heterocycles. The standard InChI is InChI=1S/C33H33N5O5/c1-36-22-33(43-31(36)40)17-19-37(20-18-33)21-26-28(30(39)35-38(32(41)42-2)24-13-7-4-8-14-24)25-15-9-10-16-27(25)34-29(26)23-11-5-3-6-12-23/h3-16H,17-22H2,1-2H3,(H,35,39). The maximum atomic E-state index is 14.3. The third-order valence-corrected chi connectivity index (χ3v) is 8.14. The molecular formula is C33H33N5O5. The number of fused-ring (bicyclic) bond motifs is 1. The second kappa shape index (κ2) is 11.7. The maximum absolute atomic E-state index is 14.3. The van der Waals surface area contributed by atoms with Crippen LogP contribution in [0, 0.1) is 0 Å². The van der Waals surface area contributed by atoms with Gasteiger partial charge in [-0.05, 0) is 18.2 Å². The second-order valence-corrected chi connectivity index (χ2v) is 11.0. The lowest BCUT2D eigenvalue weighted by molar-refractivity contribution is -0.00123. The van der Waals surface area contributed by atoms with Gasteiger partial charge in [0.05, 0.1) is 36.1 Å². The van der Waals surface area contributed by atoms with Gasteiger partial charge in [0.25, 0.3) is 5.91 Å². The van der Waals surface area contributed by atoms with Crippen LogP contribution >= 0.6 is 0 Å². The van der Waals surface area contributed by atoms with Gasteiger partial charge in [-0.2, -0.15) is 5.01 Å². The van der Waals surface area contributed by atoms with E-state index in [4.69, 9.17) is 14.5 Å². The number of ether oxygens (including phenoxy) is 2. The Morgan fingerprint density at radius 1 is 0.977 bits per heavy atom. The molecule has 43 heavy (non-hydrogen) atoms. The van der Waals surface area contributed by atoms with Crippen molar-refractivity contribution >= 4 is 34.7 Å². The first-order chi connectivity index (χ1) is 20.9. The summed E-state index contributed by atoms with van der Waals surface area (Å²) in [6, 6.07) is 26.1. The van der Waals surface area contributed by atoms with Crippen molar-refractivity contribution < 1.29 is 23.9 Å². The van der Waals surface area contributed by atoms with Gasteiger partial charge in [0.15, 0.2) is 0 Å². The Bertz CT molecular complexity index is 1650. The third kappa shape index (κ3) is 5.61. The molecule has 0 unspecified atom stereocenters. The molecule has 10 nitrogen and oxygen atoms in total. The Labute approximate surface area is 249 Å². The summed E-state index contributed by atoms with van der Waals surface area (Å²) in [4.78, 5) is 48.2. The van der Waals surface area contributed by atoms with Crippen LogP contribution in [-0.2, 0) is 16.0 Å². The molecular weight excluding hydrogens is 546 g/mol. The first-order valence-electron chi connectivity index (χ1n) is 14.2. The highest BCUT2D eigenvalue weighted by Gasteiger charge is 2.45. The number of hydrogen-bond donors (Lipinski definition) is 1. The van der Waals surface area contributed by atoms with Crippen LogP contribution in [-0.4, -0.2) is 72.3 Å². The summed E-state index contributed by atoms with van der Waals surface area (Å²) in [6.07, 6.45) is 0.374. The smallest absolute Gasteiger partial charge is 0.433 e. The summed E-state index contributed by atoms with van der Waals surface area (Å²) in [5, 5.41) is 1.78. The topological polar surface area (TPSA) is 104 Å². The van der Waals surface area contributed by atoms with Crippen LogP contribution in [0.2, 0.25) is 0 Å². The SMILES string of the molecule is COC(=O)N(NC(=O)c1c(CN2CCC3(CC2)CN(C)C(=O)O3)c(-c2ccccc2)nc2ccccc12)c1ccccc1. The molecule has 1 N–H and O–H groups in total. The second-order valence-electron chi connectivity index (χ2n) is 11.0. The molecule has 0 atom stereocenters. The Morgan fingerprint density at radius 2 is 1.63 bits per heavy atom. The molecule has 2 aliphatic heterocycles. The Balaban J connectivity index is 1.42. The fourth-order valence-electron chi connectivity index (χ4n) is 5.94. The zero-order valence-electron chi connectivity index (χ0n) is 24.2. The van der Waals surface area contributed by atoms with Crippen molar-refractivity contribution in [2.45, 2.75) is 25.0 Å². The molecule has 10 heteroatoms. The predicted molar refractivity (Wildman–Crippen MR) is 162 cm³/mol. The van der Waals surface area contributed by atoms with Gasteiger partial charge in [-0.1, -0.05) is 66.7 Å². The minimum Gasteiger partial charge on any atom is -0.451 e. The number of hydrogen-bond acceptors (Lipinski definition) is 7. The number of nitrogens with one attached hydrogen (secondary N) is 1. The lowest BCUT2D eigenvalue weighted by Gasteiger charge is -2.37. The molecule has 2 fully saturated rings. The summed E-state index contributed by atoms with van der Waals surface area (Å²) < 4.78 is 10.8. The molecule has 0 bridgehead atoms. The highest BCUT2D eigenvalue weighted by atomic mass is 16.6. The average Bonchev–Trinajstić information content (AvgIpc) is 3.32. The number of aromatic nitrogens is 1. The van der Waals surface area contributed by atoms with Crippen molar-refractivity contribution in [3.8, 4) is 11.3 Å². The Morgan fingerprint density at radius 3 is 2.28 bits per heavy atom. The minimum atomic E-state index is -0.722. The number of carbonyl (C=O) groups is 3. The van der Waals surface area contributed by atoms with Crippen molar-refractivity contribution in [3.63, 3.8) is 0 Å². The molecule has 6 rings (SSSR count). The number of methoxy groups -OCH3 is 1. The molecule has 0 radical (unpaired) electrons. The number of amides is 3. The van der Waals surface area contributed by atoms with E-state index in [1.807, 2.05) is 60.7 Å². The average molecular weight is 580 g/mol. The number of hydrazine groups is 1. The molecule has 1 spiro atoms. The van der Waals surface area contributed by atoms with Gasteiger partial charge in [-0.3, -0.25) is 15.1 Å². The molecule has 3 aromatic carbocycles. The lowest BCUT2D eigenvalue weighted by atomic mass is 9.90. The fourth-order valence-corrected chi connectivity index (χ4v) is 5.94. The quantitative estimate of drug-likeness (QED) is 0.323. The van der Waals surface area contributed by atoms with Crippen LogP contribution in [0.1, 0.15) is 28.8 Å². The molecule has 0 saturated carbocycles. The number of likely N-dealkylation sites (tertiary alicyclic amines) is 1. The molecule has 4 aromatic rings. The summed E-state index contributed by atoms with van der Waals surface area (Å²) in [5.41, 5.74) is 6.21. The molecule has 2 saturated heterocycles. The van der Waals surface area contributed by atoms with E-state index in [0.29, 0.717) is 66.9 Å². The zero-order chi connectivity index (χ0) is 30.0. The van der Waals surface area contributed by atoms with Crippen LogP contribution < -0.4 is 10.4 Å². The van der Waals surface area contributed by atoms with Gasteiger partial charge < -0.3 is 14.4 Å². The van der Waals surface area contributed by atoms with Crippen molar-refractivity contribution in [1.29, 1.82) is 0 Å². The number of anilines is 1. The molecule has 1 aromatic heterocycles. The normalized spacial score (nSPS) is 16.2. The number of pyridine rings is 1. The largest absolute Gasteiger partial charge is 0.451 e. The van der Waals surface area contributed by atoms with E-state index < -0.39 is 17.6 Å². The number of rotatable bonds is 5. The number of carbonyl (C=O) groups excluding carboxylic acids is 3. The fraction of sp³-hybridized carbons (Fsp3) is 0.273. The summed E-state index contributed by atoms with van der Waals surface area (Å²) >= 11 is 0. The van der Waals surface area contributed by atoms with Crippen LogP contribution in [0.5, 0.6) is 0 Å². The lowest BCUT2D eigenvalue weighted by Crippen LogP contribution is -2.48. The zero-order valence-corrected chi connectivity index (χ0v) is 24.2. The Hall–Kier alpha value is -4.96. The van der Waals surface area contributed by atoms with Gasteiger partial charge in [0.2, 0.25) is 0 Å². The van der Waals surface area contributed by atoms with Gasteiger partial charge in [-0.25, -0.2) is 14.6 Å². The molecule has 220 valence electrons. The van der Waals surface area contributed by atoms with Crippen molar-refractivity contribution in [1.82, 2.24) is 20.2 Å². The van der Waals surface area contributed by atoms with E-state index in [2.05, 4.69) is 10.3 Å². The number of nitrogens with zero attached hydrogens (tertiary/aromatic N) is 4. The van der Waals surface area contributed by atoms with E-state index in [0.717, 1.165) is 16.1 Å². The van der Waals surface area contributed by atoms with Gasteiger partial charge >= 0.3 is 12.2 Å². The molecule has 3 amide bonds. The van der Waals surface area contributed by atoms with Gasteiger partial charge in [-0.15, -0.1) is 0 Å². The Kier molecular flexibility index (Phi) is 7.69. The van der Waals surface area contributed by atoms with Crippen LogP contribution in [0.3, 0.4) is 0 Å². The minimum absolute atomic E-state index is 0.286. The van der Waals surface area contributed by atoms with Crippen molar-refractivity contribution in [2.75, 3.05) is 38.8 Å². The molecule has 2 aliphatic rings. The first-order valence-corrected chi connectivity index (χ1v) is 14.2. The summed E-state index contributed by atoms with van der Waals surface area (Å²) in [6.45, 7) is 2.38. The third-order valence-electron chi connectivity index (χ3n) is 8.14. The highest BCUT2D eigenvalue weighted by Crippen LogP contribution is 2.36. The van der Waals surface area contributed by atoms with Gasteiger partial charge in [0, 0.05) is 56.0 Å². The number of likely N-dealkylation sites (N-methyl/N-ethyl adjacent to an activating group) is 1. The predicted octanol–water partition coefficient (Wildman–Crippen LogP) is 5.24. The van der Waals surface area contributed by atoms with E-state index in [-0.39, 0.29) is 6.09 Å². The van der Waals surface area contributed by atoms with Crippen LogP contribution in [0.25, 0.3) is 22.2 Å². The van der Waals surface area contributed by atoms with E-state index in [9.17, 15) is 14.4 Å². The van der Waals surface area contributed by atoms with E-state index >= 15 is 0 Å². The summed E-state index contributed by atoms with van der Waals surface area (Å²) in [7, 11) is 3.03. The maximum Gasteiger partial charge on any atom is 0.433 e. The van der Waals surface area contributed by atoms with E-state index in [1.54, 1.807) is 36.2 Å². The monoisotopic (exact) mass is 579 g/mol. The number of benzene rings is 3. The molecule has 0 aliphatic carbocycles. The number of piperidine rings is 1. The van der Waals surface area contributed by atoms with Crippen LogP contribution in [0.15, 0.2) is 84.9 Å². The van der Waals surface area contributed by atoms with Crippen molar-refractivity contribution in [3.05, 3.63) is 96.1 Å².